The lowest BCUT2D eigenvalue weighted by molar-refractivity contribution is -0.152. The summed E-state index contributed by atoms with van der Waals surface area (Å²) in [5.41, 5.74) is 3.97. The lowest BCUT2D eigenvalue weighted by Crippen LogP contribution is -2.43. The molecule has 0 aliphatic rings. The molecule has 6 nitrogen and oxygen atoms in total. The van der Waals surface area contributed by atoms with Gasteiger partial charge in [0.05, 0.1) is 0 Å². The molecule has 0 bridgehead atoms. The van der Waals surface area contributed by atoms with Gasteiger partial charge in [0, 0.05) is 0 Å². The van der Waals surface area contributed by atoms with Crippen LogP contribution in [0, 0.1) is 0 Å². The van der Waals surface area contributed by atoms with Crippen LogP contribution in [0.5, 0.6) is 0 Å². The Morgan fingerprint density at radius 1 is 0.852 bits per heavy atom. The van der Waals surface area contributed by atoms with E-state index in [1.165, 1.54) is 16.7 Å². The van der Waals surface area contributed by atoms with Crippen LogP contribution in [-0.2, 0) is 14.4 Å². The molecule has 0 aromatic carbocycles. The van der Waals surface area contributed by atoms with Gasteiger partial charge in [0.25, 0.3) is 0 Å². The number of nitrogens with one attached hydrogen (secondary N) is 1. The van der Waals surface area contributed by atoms with Crippen molar-refractivity contribution in [3.63, 3.8) is 0 Å². The van der Waals surface area contributed by atoms with Gasteiger partial charge in [0.15, 0.2) is 0 Å². The highest BCUT2D eigenvalue weighted by atomic mass is 16.4. The quantitative estimate of drug-likeness (QED) is 0.267. The summed E-state index contributed by atoms with van der Waals surface area (Å²) in [4.78, 5) is 32.6. The van der Waals surface area contributed by atoms with E-state index in [4.69, 9.17) is 10.2 Å². The molecule has 0 aromatic rings. The van der Waals surface area contributed by atoms with E-state index in [0.29, 0.717) is 12.8 Å². The first-order valence-corrected chi connectivity index (χ1v) is 9.34. The van der Waals surface area contributed by atoms with Gasteiger partial charge in [-0.05, 0) is 72.6 Å². The maximum absolute atomic E-state index is 11.1. The van der Waals surface area contributed by atoms with Crippen LogP contribution in [0.3, 0.4) is 0 Å². The Balaban J connectivity index is 4.19. The summed E-state index contributed by atoms with van der Waals surface area (Å²) in [6, 6.07) is -1.17. The molecule has 1 amide bonds. The Morgan fingerprint density at radius 3 is 1.85 bits per heavy atom. The maximum atomic E-state index is 11.1. The number of carboxylic acid groups (broad SMARTS) is 2. The second-order valence-corrected chi connectivity index (χ2v) is 7.06. The van der Waals surface area contributed by atoms with Gasteiger partial charge in [-0.15, -0.1) is 0 Å². The fourth-order valence-corrected chi connectivity index (χ4v) is 2.49. The molecule has 0 saturated heterocycles. The molecule has 0 fully saturated rings. The van der Waals surface area contributed by atoms with Crippen LogP contribution < -0.4 is 5.32 Å². The first kappa shape index (κ1) is 24.6. The number of aliphatic carboxylic acids is 2. The van der Waals surface area contributed by atoms with Crippen molar-refractivity contribution in [1.82, 2.24) is 5.32 Å². The van der Waals surface area contributed by atoms with E-state index in [2.05, 4.69) is 39.0 Å². The third-order valence-corrected chi connectivity index (χ3v) is 4.11. The van der Waals surface area contributed by atoms with Gasteiger partial charge < -0.3 is 15.5 Å². The number of unbranched alkanes of at least 4 members (excludes halogenated alkanes) is 1. The molecule has 0 rings (SSSR count). The van der Waals surface area contributed by atoms with E-state index in [1.807, 2.05) is 12.2 Å². The van der Waals surface area contributed by atoms with E-state index >= 15 is 0 Å². The number of amides is 1. The Bertz CT molecular complexity index is 598. The summed E-state index contributed by atoms with van der Waals surface area (Å²) in [6.45, 7) is 8.40. The van der Waals surface area contributed by atoms with Crippen LogP contribution >= 0.6 is 0 Å². The number of rotatable bonds is 12. The number of allylic oxidation sites excluding steroid dienone is 6. The lowest BCUT2D eigenvalue weighted by atomic mass is 10.0. The van der Waals surface area contributed by atoms with Crippen LogP contribution in [0.2, 0.25) is 0 Å². The van der Waals surface area contributed by atoms with Crippen molar-refractivity contribution in [2.75, 3.05) is 0 Å². The third-order valence-electron chi connectivity index (χ3n) is 4.11. The highest BCUT2D eigenvalue weighted by molar-refractivity contribution is 6.31. The van der Waals surface area contributed by atoms with Crippen LogP contribution in [0.15, 0.2) is 34.9 Å². The van der Waals surface area contributed by atoms with Crippen molar-refractivity contribution in [2.24, 2.45) is 0 Å². The van der Waals surface area contributed by atoms with Crippen molar-refractivity contribution in [3.05, 3.63) is 34.9 Å². The largest absolute Gasteiger partial charge is 0.480 e. The fourth-order valence-electron chi connectivity index (χ4n) is 2.49. The lowest BCUT2D eigenvalue weighted by Gasteiger charge is -2.12. The van der Waals surface area contributed by atoms with Crippen molar-refractivity contribution in [3.8, 4) is 0 Å². The van der Waals surface area contributed by atoms with Crippen molar-refractivity contribution in [2.45, 2.75) is 78.7 Å². The van der Waals surface area contributed by atoms with Crippen LogP contribution in [0.25, 0.3) is 0 Å². The SMILES string of the molecule is CC(C)=CCCC(C)=CCCC(C)=CCCCC(NC(=O)C(=O)O)C(=O)O. The Kier molecular flexibility index (Phi) is 12.6. The van der Waals surface area contributed by atoms with Crippen molar-refractivity contribution >= 4 is 17.8 Å². The molecule has 0 saturated carbocycles. The molecule has 6 heteroatoms. The number of carbonyl (C=O) groups excluding carboxylic acids is 1. The monoisotopic (exact) mass is 379 g/mol. The predicted octanol–water partition coefficient (Wildman–Crippen LogP) is 4.23. The van der Waals surface area contributed by atoms with Gasteiger partial charge in [-0.1, -0.05) is 34.9 Å². The molecule has 0 radical (unpaired) electrons. The molecular weight excluding hydrogens is 346 g/mol. The van der Waals surface area contributed by atoms with Crippen LogP contribution in [-0.4, -0.2) is 34.1 Å². The highest BCUT2D eigenvalue weighted by Crippen LogP contribution is 2.13. The first-order valence-electron chi connectivity index (χ1n) is 9.34. The number of carboxylic acids is 2. The fraction of sp³-hybridized carbons (Fsp3) is 0.571. The van der Waals surface area contributed by atoms with Crippen molar-refractivity contribution < 1.29 is 24.6 Å². The van der Waals surface area contributed by atoms with Crippen LogP contribution in [0.1, 0.15) is 72.6 Å². The second kappa shape index (κ2) is 13.8. The first-order chi connectivity index (χ1) is 12.6. The minimum absolute atomic E-state index is 0.196. The highest BCUT2D eigenvalue weighted by Gasteiger charge is 2.22. The standard InChI is InChI=1S/C21H33NO5/c1-15(2)9-7-11-17(4)13-8-12-16(3)10-5-6-14-18(20(24)25)22-19(23)21(26)27/h9-10,13,18H,5-8,11-12,14H2,1-4H3,(H,22,23)(H,24,25)(H,26,27). The average molecular weight is 379 g/mol. The summed E-state index contributed by atoms with van der Waals surface area (Å²) in [6.07, 6.45) is 12.1. The molecule has 1 unspecified atom stereocenters. The van der Waals surface area contributed by atoms with Crippen LogP contribution in [0.4, 0.5) is 0 Å². The van der Waals surface area contributed by atoms with Gasteiger partial charge in [-0.3, -0.25) is 4.79 Å². The summed E-state index contributed by atoms with van der Waals surface area (Å²) in [5, 5.41) is 19.6. The van der Waals surface area contributed by atoms with Gasteiger partial charge in [0.2, 0.25) is 0 Å². The topological polar surface area (TPSA) is 104 Å². The zero-order valence-electron chi connectivity index (χ0n) is 16.9. The molecule has 0 aromatic heterocycles. The van der Waals surface area contributed by atoms with Gasteiger partial charge in [-0.25, -0.2) is 9.59 Å². The molecule has 152 valence electrons. The zero-order chi connectivity index (χ0) is 20.8. The molecule has 3 N–H and O–H groups in total. The summed E-state index contributed by atoms with van der Waals surface area (Å²) >= 11 is 0. The van der Waals surface area contributed by atoms with Crippen molar-refractivity contribution in [1.29, 1.82) is 0 Å². The smallest absolute Gasteiger partial charge is 0.394 e. The molecule has 27 heavy (non-hydrogen) atoms. The molecule has 0 aliphatic carbocycles. The minimum Gasteiger partial charge on any atom is -0.480 e. The van der Waals surface area contributed by atoms with E-state index < -0.39 is 23.9 Å². The van der Waals surface area contributed by atoms with E-state index in [0.717, 1.165) is 25.7 Å². The molecule has 1 atom stereocenters. The summed E-state index contributed by atoms with van der Waals surface area (Å²) < 4.78 is 0. The zero-order valence-corrected chi connectivity index (χ0v) is 16.9. The second-order valence-electron chi connectivity index (χ2n) is 7.06. The third kappa shape index (κ3) is 13.5. The van der Waals surface area contributed by atoms with E-state index in [-0.39, 0.29) is 6.42 Å². The summed E-state index contributed by atoms with van der Waals surface area (Å²) in [7, 11) is 0. The number of hydrogen-bond acceptors (Lipinski definition) is 3. The predicted molar refractivity (Wildman–Crippen MR) is 106 cm³/mol. The molecular formula is C21H33NO5. The number of carbonyl (C=O) groups is 3. The Labute approximate surface area is 162 Å². The minimum atomic E-state index is -1.68. The number of hydrogen-bond donors (Lipinski definition) is 3. The Hall–Kier alpha value is -2.37. The van der Waals surface area contributed by atoms with E-state index in [1.54, 1.807) is 0 Å². The average Bonchev–Trinajstić information content (AvgIpc) is 2.56. The van der Waals surface area contributed by atoms with Gasteiger partial charge in [0.1, 0.15) is 6.04 Å². The normalized spacial score (nSPS) is 13.0. The summed E-state index contributed by atoms with van der Waals surface area (Å²) in [5.74, 6) is -4.19. The molecule has 0 aliphatic heterocycles. The molecule has 0 heterocycles. The van der Waals surface area contributed by atoms with E-state index in [9.17, 15) is 14.4 Å². The molecule has 0 spiro atoms. The van der Waals surface area contributed by atoms with Gasteiger partial charge >= 0.3 is 17.8 Å². The van der Waals surface area contributed by atoms with Gasteiger partial charge in [-0.2, -0.15) is 0 Å². The maximum Gasteiger partial charge on any atom is 0.394 e. The Morgan fingerprint density at radius 2 is 1.37 bits per heavy atom.